The van der Waals surface area contributed by atoms with Gasteiger partial charge in [0.05, 0.1) is 18.5 Å². The van der Waals surface area contributed by atoms with E-state index in [0.717, 1.165) is 18.5 Å². The van der Waals surface area contributed by atoms with Gasteiger partial charge in [0.2, 0.25) is 5.96 Å². The minimum Gasteiger partial charge on any atom is -0.498 e. The van der Waals surface area contributed by atoms with E-state index in [1.807, 2.05) is 54.6 Å². The Hall–Kier alpha value is -4.41. The van der Waals surface area contributed by atoms with Crippen LogP contribution in [0.3, 0.4) is 0 Å². The molecule has 0 saturated carbocycles. The zero-order valence-electron chi connectivity index (χ0n) is 25.3. The third-order valence-corrected chi connectivity index (χ3v) is 5.70. The van der Waals surface area contributed by atoms with Crippen LogP contribution < -0.4 is 10.6 Å². The minimum absolute atomic E-state index is 0.154. The van der Waals surface area contributed by atoms with Crippen LogP contribution in [0.15, 0.2) is 78.2 Å². The predicted molar refractivity (Wildman–Crippen MR) is 161 cm³/mol. The number of aliphatic imine (C=N–C) groups is 1. The van der Waals surface area contributed by atoms with E-state index >= 15 is 0 Å². The Balaban J connectivity index is 2.04. The Kier molecular flexibility index (Phi) is 11.1. The maximum atomic E-state index is 12.8. The molecule has 2 amide bonds. The highest BCUT2D eigenvalue weighted by atomic mass is 16.6. The lowest BCUT2D eigenvalue weighted by Crippen LogP contribution is -2.47. The molecule has 0 aliphatic heterocycles. The first kappa shape index (κ1) is 32.1. The molecular weight excluding hydrogens is 536 g/mol. The fourth-order valence-electron chi connectivity index (χ4n) is 4.00. The van der Waals surface area contributed by atoms with Crippen molar-refractivity contribution >= 4 is 18.1 Å². The molecule has 0 radical (unpaired) electrons. The lowest BCUT2D eigenvalue weighted by atomic mass is 9.89. The van der Waals surface area contributed by atoms with Crippen molar-refractivity contribution in [1.82, 2.24) is 25.6 Å². The lowest BCUT2D eigenvalue weighted by molar-refractivity contribution is 0.0544. The van der Waals surface area contributed by atoms with Crippen molar-refractivity contribution in [2.24, 2.45) is 10.9 Å². The van der Waals surface area contributed by atoms with Crippen LogP contribution in [0.2, 0.25) is 0 Å². The number of hydrogen-bond acceptors (Lipinski definition) is 8. The normalized spacial score (nSPS) is 15.6. The quantitative estimate of drug-likeness (QED) is 0.158. The minimum atomic E-state index is -0.788. The van der Waals surface area contributed by atoms with Gasteiger partial charge in [-0.25, -0.2) is 19.3 Å². The molecule has 42 heavy (non-hydrogen) atoms. The van der Waals surface area contributed by atoms with Crippen LogP contribution in [0.25, 0.3) is 5.69 Å². The second kappa shape index (κ2) is 14.5. The molecule has 226 valence electrons. The number of hydrogen-bond donors (Lipinski definition) is 2. The molecule has 2 unspecified atom stereocenters. The molecule has 2 aromatic rings. The Morgan fingerprint density at radius 1 is 1.10 bits per heavy atom. The summed E-state index contributed by atoms with van der Waals surface area (Å²) in [6, 6.07) is 8.84. The van der Waals surface area contributed by atoms with Crippen molar-refractivity contribution in [3.05, 3.63) is 78.9 Å². The predicted octanol–water partition coefficient (Wildman–Crippen LogP) is 6.16. The summed E-state index contributed by atoms with van der Waals surface area (Å²) in [6.07, 6.45) is 10.1. The van der Waals surface area contributed by atoms with Crippen LogP contribution in [0.4, 0.5) is 9.59 Å². The van der Waals surface area contributed by atoms with Crippen LogP contribution in [0, 0.1) is 5.92 Å². The summed E-state index contributed by atoms with van der Waals surface area (Å²) in [5, 5.41) is 13.9. The zero-order chi connectivity index (χ0) is 30.8. The van der Waals surface area contributed by atoms with Gasteiger partial charge in [-0.2, -0.15) is 0 Å². The number of carbonyl (C=O) groups is 2. The van der Waals surface area contributed by atoms with E-state index in [1.165, 1.54) is 0 Å². The van der Waals surface area contributed by atoms with Gasteiger partial charge in [0.1, 0.15) is 28.7 Å². The Morgan fingerprint density at radius 3 is 2.33 bits per heavy atom. The third-order valence-electron chi connectivity index (χ3n) is 5.70. The average Bonchev–Trinajstić information content (AvgIpc) is 3.38. The zero-order valence-corrected chi connectivity index (χ0v) is 25.3. The standard InChI is InChI=1S/C31H42N6O5/c1-8-9-15-20-40-25-19-14-13-18-23(25)26(24-21-37(36-35-24)22-16-11-10-12-17-22)32-27(33-28(38)41-30(2,3)4)34-29(39)42-31(5,6)7/h8,10-14,16-17,19,21,23,26H,1,9,15,18,20H2,2-7H3,(H2,32,33,34,38,39). The van der Waals surface area contributed by atoms with E-state index in [2.05, 4.69) is 27.5 Å². The van der Waals surface area contributed by atoms with Gasteiger partial charge in [0, 0.05) is 5.92 Å². The number of guanidine groups is 1. The summed E-state index contributed by atoms with van der Waals surface area (Å²) in [5.41, 5.74) is -0.225. The van der Waals surface area contributed by atoms with Gasteiger partial charge >= 0.3 is 12.2 Å². The van der Waals surface area contributed by atoms with E-state index in [1.54, 1.807) is 52.4 Å². The van der Waals surface area contributed by atoms with Gasteiger partial charge < -0.3 is 14.2 Å². The highest BCUT2D eigenvalue weighted by molar-refractivity contribution is 6.01. The molecular formula is C31H42N6O5. The van der Waals surface area contributed by atoms with E-state index in [0.29, 0.717) is 24.5 Å². The van der Waals surface area contributed by atoms with Gasteiger partial charge in [0.25, 0.3) is 0 Å². The maximum Gasteiger partial charge on any atom is 0.414 e. The van der Waals surface area contributed by atoms with Gasteiger partial charge in [-0.15, -0.1) is 11.7 Å². The van der Waals surface area contributed by atoms with Gasteiger partial charge in [-0.1, -0.05) is 41.6 Å². The summed E-state index contributed by atoms with van der Waals surface area (Å²) in [4.78, 5) is 30.4. The van der Waals surface area contributed by atoms with Crippen molar-refractivity contribution in [3.63, 3.8) is 0 Å². The first-order chi connectivity index (χ1) is 19.8. The molecule has 2 N–H and O–H groups in total. The molecule has 0 bridgehead atoms. The number of allylic oxidation sites excluding steroid dienone is 4. The molecule has 1 aromatic carbocycles. The molecule has 3 rings (SSSR count). The van der Waals surface area contributed by atoms with Crippen molar-refractivity contribution in [2.45, 2.75) is 78.0 Å². The van der Waals surface area contributed by atoms with Gasteiger partial charge in [0.15, 0.2) is 0 Å². The number of unbranched alkanes of at least 4 members (excludes halogenated alkanes) is 1. The highest BCUT2D eigenvalue weighted by Crippen LogP contribution is 2.36. The summed E-state index contributed by atoms with van der Waals surface area (Å²) in [7, 11) is 0. The molecule has 1 aromatic heterocycles. The number of nitrogens with one attached hydrogen (secondary N) is 2. The number of aromatic nitrogens is 3. The average molecular weight is 579 g/mol. The number of benzene rings is 1. The van der Waals surface area contributed by atoms with E-state index in [-0.39, 0.29) is 11.9 Å². The monoisotopic (exact) mass is 578 g/mol. The fourth-order valence-corrected chi connectivity index (χ4v) is 4.00. The molecule has 0 saturated heterocycles. The van der Waals surface area contributed by atoms with Gasteiger partial charge in [-0.3, -0.25) is 10.6 Å². The summed E-state index contributed by atoms with van der Waals surface area (Å²) in [6.45, 7) is 14.7. The Labute approximate surface area is 247 Å². The number of ether oxygens (including phenoxy) is 3. The Morgan fingerprint density at radius 2 is 1.74 bits per heavy atom. The summed E-state index contributed by atoms with van der Waals surface area (Å²) < 4.78 is 18.7. The largest absolute Gasteiger partial charge is 0.498 e. The number of alkyl carbamates (subject to hydrolysis) is 2. The van der Waals surface area contributed by atoms with E-state index in [4.69, 9.17) is 19.2 Å². The second-order valence-electron chi connectivity index (χ2n) is 11.7. The smallest absolute Gasteiger partial charge is 0.414 e. The van der Waals surface area contributed by atoms with Crippen LogP contribution in [0.1, 0.15) is 72.5 Å². The Bertz CT molecular complexity index is 1270. The molecule has 11 heteroatoms. The number of rotatable bonds is 9. The SMILES string of the molecule is C=CCCCOC1=CC=CCC1C(N=C(NC(=O)OC(C)(C)C)NC(=O)OC(C)(C)C)c1cn(-c2ccccc2)nn1. The molecule has 1 heterocycles. The summed E-state index contributed by atoms with van der Waals surface area (Å²) in [5.74, 6) is 0.243. The molecule has 1 aliphatic rings. The van der Waals surface area contributed by atoms with Crippen LogP contribution >= 0.6 is 0 Å². The van der Waals surface area contributed by atoms with Crippen molar-refractivity contribution in [2.75, 3.05) is 6.61 Å². The van der Waals surface area contributed by atoms with Crippen molar-refractivity contribution < 1.29 is 23.8 Å². The molecule has 0 spiro atoms. The molecule has 11 nitrogen and oxygen atoms in total. The van der Waals surface area contributed by atoms with Crippen molar-refractivity contribution in [3.8, 4) is 5.69 Å². The number of para-hydroxylation sites is 1. The maximum absolute atomic E-state index is 12.8. The molecule has 1 aliphatic carbocycles. The number of nitrogens with zero attached hydrogens (tertiary/aromatic N) is 4. The van der Waals surface area contributed by atoms with E-state index < -0.39 is 29.4 Å². The van der Waals surface area contributed by atoms with Crippen molar-refractivity contribution in [1.29, 1.82) is 0 Å². The number of amides is 2. The first-order valence-electron chi connectivity index (χ1n) is 14.0. The second-order valence-corrected chi connectivity index (χ2v) is 11.7. The third kappa shape index (κ3) is 10.5. The van der Waals surface area contributed by atoms with Crippen LogP contribution in [0.5, 0.6) is 0 Å². The lowest BCUT2D eigenvalue weighted by Gasteiger charge is -2.27. The number of carbonyl (C=O) groups excluding carboxylic acids is 2. The highest BCUT2D eigenvalue weighted by Gasteiger charge is 2.32. The molecule has 0 fully saturated rings. The van der Waals surface area contributed by atoms with Gasteiger partial charge in [-0.05, 0) is 79.0 Å². The fraction of sp³-hybridized carbons (Fsp3) is 0.452. The van der Waals surface area contributed by atoms with E-state index in [9.17, 15) is 9.59 Å². The first-order valence-corrected chi connectivity index (χ1v) is 14.0. The van der Waals surface area contributed by atoms with Crippen LogP contribution in [-0.2, 0) is 14.2 Å². The molecule has 2 atom stereocenters. The van der Waals surface area contributed by atoms with Crippen LogP contribution in [-0.4, -0.2) is 50.9 Å². The summed E-state index contributed by atoms with van der Waals surface area (Å²) >= 11 is 0. The topological polar surface area (TPSA) is 129 Å².